The summed E-state index contributed by atoms with van der Waals surface area (Å²) in [6, 6.07) is 10.8. The minimum Gasteiger partial charge on any atom is -0.488 e. The molecule has 3 rings (SSSR count). The van der Waals surface area contributed by atoms with Crippen LogP contribution in [-0.4, -0.2) is 24.2 Å². The molecule has 1 N–H and O–H groups in total. The molecule has 29 heavy (non-hydrogen) atoms. The predicted octanol–water partition coefficient (Wildman–Crippen LogP) is 5.06. The highest BCUT2D eigenvalue weighted by atomic mass is 19.4. The van der Waals surface area contributed by atoms with Crippen LogP contribution in [-0.2, 0) is 12.8 Å². The van der Waals surface area contributed by atoms with Crippen molar-refractivity contribution in [2.24, 2.45) is 5.92 Å². The molecule has 1 aliphatic heterocycles. The van der Waals surface area contributed by atoms with E-state index in [2.05, 4.69) is 0 Å². The number of rotatable bonds is 6. The van der Waals surface area contributed by atoms with Crippen molar-refractivity contribution in [3.05, 3.63) is 63.7 Å². The van der Waals surface area contributed by atoms with Crippen molar-refractivity contribution in [2.45, 2.75) is 25.6 Å². The quantitative estimate of drug-likeness (QED) is 0.412. The molecule has 2 aromatic rings. The topological polar surface area (TPSA) is 79.5 Å². The Labute approximate surface area is 165 Å². The number of hydrogen-bond donors (Lipinski definition) is 1. The number of ether oxygens (including phenoxy) is 1. The van der Waals surface area contributed by atoms with E-state index in [0.717, 1.165) is 12.1 Å². The molecular weight excluding hydrogens is 387 g/mol. The fourth-order valence-electron chi connectivity index (χ4n) is 3.51. The fourth-order valence-corrected chi connectivity index (χ4v) is 3.51. The van der Waals surface area contributed by atoms with Crippen molar-refractivity contribution in [2.75, 3.05) is 18.0 Å². The average molecular weight is 407 g/mol. The zero-order valence-electron chi connectivity index (χ0n) is 15.5. The summed E-state index contributed by atoms with van der Waals surface area (Å²) in [5.74, 6) is -0.697. The minimum absolute atomic E-state index is 0.0930. The number of halogens is 3. The van der Waals surface area contributed by atoms with Gasteiger partial charge in [-0.05, 0) is 24.5 Å². The van der Waals surface area contributed by atoms with E-state index >= 15 is 0 Å². The second kappa shape index (κ2) is 8.50. The van der Waals surface area contributed by atoms with Crippen molar-refractivity contribution in [3.63, 3.8) is 0 Å². The maximum Gasteiger partial charge on any atom is 0.422 e. The monoisotopic (exact) mass is 407 g/mol. The number of piperidine rings is 1. The Morgan fingerprint density at radius 1 is 1.24 bits per heavy atom. The number of nitrogens with zero attached hydrogens (tertiary/aromatic N) is 2. The van der Waals surface area contributed by atoms with Gasteiger partial charge in [0.25, 0.3) is 5.69 Å². The molecule has 154 valence electrons. The number of anilines is 1. The number of nitro groups is 1. The van der Waals surface area contributed by atoms with Crippen LogP contribution >= 0.6 is 0 Å². The molecule has 6 nitrogen and oxygen atoms in total. The lowest BCUT2D eigenvalue weighted by Crippen LogP contribution is -2.37. The summed E-state index contributed by atoms with van der Waals surface area (Å²) in [5, 5.41) is 18.9. The highest BCUT2D eigenvalue weighted by molar-refractivity contribution is 5.73. The van der Waals surface area contributed by atoms with Crippen LogP contribution in [0, 0.1) is 21.4 Å². The molecule has 1 atom stereocenters. The van der Waals surface area contributed by atoms with Gasteiger partial charge in [0, 0.05) is 31.3 Å². The summed E-state index contributed by atoms with van der Waals surface area (Å²) in [6.45, 7) is 0.274. The fraction of sp³-hybridized carbons (Fsp3) is 0.350. The van der Waals surface area contributed by atoms with Crippen molar-refractivity contribution >= 4 is 17.6 Å². The van der Waals surface area contributed by atoms with E-state index in [0.29, 0.717) is 18.4 Å². The number of nitro benzene ring substituents is 1. The molecule has 1 saturated heterocycles. The van der Waals surface area contributed by atoms with Crippen LogP contribution in [0.1, 0.15) is 24.0 Å². The molecule has 0 spiro atoms. The first-order valence-corrected chi connectivity index (χ1v) is 9.12. The molecule has 0 aliphatic carbocycles. The first-order chi connectivity index (χ1) is 13.8. The molecule has 9 heteroatoms. The van der Waals surface area contributed by atoms with E-state index in [9.17, 15) is 23.3 Å². The molecule has 0 saturated carbocycles. The third-order valence-electron chi connectivity index (χ3n) is 4.85. The highest BCUT2D eigenvalue weighted by Gasteiger charge is 2.43. The molecular formula is C20H20F3N3O3. The van der Waals surface area contributed by atoms with E-state index in [4.69, 9.17) is 10.1 Å². The minimum atomic E-state index is -4.84. The van der Waals surface area contributed by atoms with Gasteiger partial charge in [-0.3, -0.25) is 10.1 Å². The molecule has 1 fully saturated rings. The second-order valence-corrected chi connectivity index (χ2v) is 6.85. The lowest BCUT2D eigenvalue weighted by Gasteiger charge is -2.34. The zero-order chi connectivity index (χ0) is 21.0. The molecule has 0 bridgehead atoms. The van der Waals surface area contributed by atoms with Crippen LogP contribution in [0.2, 0.25) is 0 Å². The van der Waals surface area contributed by atoms with E-state index in [1.807, 2.05) is 0 Å². The van der Waals surface area contributed by atoms with Gasteiger partial charge in [0.2, 0.25) is 0 Å². The van der Waals surface area contributed by atoms with Gasteiger partial charge in [0.05, 0.1) is 4.92 Å². The van der Waals surface area contributed by atoms with Gasteiger partial charge < -0.3 is 15.0 Å². The Morgan fingerprint density at radius 2 is 1.97 bits per heavy atom. The lowest BCUT2D eigenvalue weighted by molar-refractivity contribution is -0.384. The summed E-state index contributed by atoms with van der Waals surface area (Å²) in [5.41, 5.74) is -1.56. The van der Waals surface area contributed by atoms with Crippen molar-refractivity contribution in [1.82, 2.24) is 0 Å². The molecule has 1 aliphatic rings. The Morgan fingerprint density at radius 3 is 2.59 bits per heavy atom. The molecule has 0 amide bonds. The summed E-state index contributed by atoms with van der Waals surface area (Å²) in [6.07, 6.45) is -2.45. The van der Waals surface area contributed by atoms with Gasteiger partial charge >= 0.3 is 6.18 Å². The number of hydrogen-bond acceptors (Lipinski definition) is 5. The molecule has 0 aromatic heterocycles. The van der Waals surface area contributed by atoms with Gasteiger partial charge in [-0.1, -0.05) is 30.3 Å². The van der Waals surface area contributed by atoms with E-state index in [1.165, 1.54) is 11.1 Å². The predicted molar refractivity (Wildman–Crippen MR) is 103 cm³/mol. The third kappa shape index (κ3) is 4.67. The maximum atomic E-state index is 14.0. The van der Waals surface area contributed by atoms with Crippen molar-refractivity contribution < 1.29 is 22.8 Å². The summed E-state index contributed by atoms with van der Waals surface area (Å²) in [4.78, 5) is 12.1. The standard InChI is InChI=1S/C20H20F3N3O3/c21-20(22,23)18-17(29-13-14-5-2-1-3-6-14)9-8-16(26(27)28)19(18)25-10-4-7-15(11-24)12-25/h1-3,5-6,8-9,11,15,24H,4,7,10,12-13H2/t15-/m0/s1. The second-order valence-electron chi connectivity index (χ2n) is 6.85. The molecule has 0 unspecified atom stereocenters. The van der Waals surface area contributed by atoms with Gasteiger partial charge in [-0.2, -0.15) is 13.2 Å². The van der Waals surface area contributed by atoms with Crippen LogP contribution in [0.4, 0.5) is 24.5 Å². The zero-order valence-corrected chi connectivity index (χ0v) is 15.5. The van der Waals surface area contributed by atoms with Crippen molar-refractivity contribution in [3.8, 4) is 5.75 Å². The van der Waals surface area contributed by atoms with Crippen LogP contribution in [0.3, 0.4) is 0 Å². The van der Waals surface area contributed by atoms with E-state index in [1.54, 1.807) is 30.3 Å². The van der Waals surface area contributed by atoms with Gasteiger partial charge in [0.15, 0.2) is 0 Å². The molecule has 1 heterocycles. The Balaban J connectivity index is 2.07. The van der Waals surface area contributed by atoms with E-state index < -0.39 is 33.8 Å². The smallest absolute Gasteiger partial charge is 0.422 e. The van der Waals surface area contributed by atoms with Gasteiger partial charge in [-0.15, -0.1) is 0 Å². The summed E-state index contributed by atoms with van der Waals surface area (Å²) in [7, 11) is 0. The van der Waals surface area contributed by atoms with Crippen LogP contribution in [0.15, 0.2) is 42.5 Å². The van der Waals surface area contributed by atoms with Crippen LogP contribution in [0.25, 0.3) is 0 Å². The highest BCUT2D eigenvalue weighted by Crippen LogP contribution is 2.48. The first-order valence-electron chi connectivity index (χ1n) is 9.12. The number of alkyl halides is 3. The normalized spacial score (nSPS) is 17.1. The number of nitrogens with one attached hydrogen (secondary N) is 1. The van der Waals surface area contributed by atoms with Gasteiger partial charge in [0.1, 0.15) is 23.6 Å². The average Bonchev–Trinajstić information content (AvgIpc) is 2.71. The largest absolute Gasteiger partial charge is 0.488 e. The number of benzene rings is 2. The first kappa shape index (κ1) is 20.6. The Bertz CT molecular complexity index is 888. The SMILES string of the molecule is N=C[C@@H]1CCCN(c2c([N+](=O)[O-])ccc(OCc3ccccc3)c2C(F)(F)F)C1. The Kier molecular flexibility index (Phi) is 6.05. The third-order valence-corrected chi connectivity index (χ3v) is 4.85. The van der Waals surface area contributed by atoms with Crippen molar-refractivity contribution in [1.29, 1.82) is 5.41 Å². The maximum absolute atomic E-state index is 14.0. The Hall–Kier alpha value is -3.10. The molecule has 0 radical (unpaired) electrons. The molecule has 2 aromatic carbocycles. The summed E-state index contributed by atoms with van der Waals surface area (Å²) < 4.78 is 47.6. The van der Waals surface area contributed by atoms with Crippen LogP contribution < -0.4 is 9.64 Å². The van der Waals surface area contributed by atoms with Crippen LogP contribution in [0.5, 0.6) is 5.75 Å². The summed E-state index contributed by atoms with van der Waals surface area (Å²) >= 11 is 0. The van der Waals surface area contributed by atoms with E-state index in [-0.39, 0.29) is 25.6 Å². The van der Waals surface area contributed by atoms with Gasteiger partial charge in [-0.25, -0.2) is 0 Å². The lowest BCUT2D eigenvalue weighted by atomic mass is 9.97.